The van der Waals surface area contributed by atoms with Crippen molar-refractivity contribution in [2.75, 3.05) is 13.1 Å². The molecule has 0 spiro atoms. The molecule has 0 saturated carbocycles. The first-order valence-electron chi connectivity index (χ1n) is 8.74. The minimum absolute atomic E-state index is 0.129. The lowest BCUT2D eigenvalue weighted by Gasteiger charge is -2.35. The average molecular weight is 302 g/mol. The monoisotopic (exact) mass is 302 g/mol. The van der Waals surface area contributed by atoms with Gasteiger partial charge in [-0.15, -0.1) is 0 Å². The fourth-order valence-corrected chi connectivity index (χ4v) is 3.32. The number of carbonyl (C=O) groups excluding carboxylic acids is 1. The topological polar surface area (TPSA) is 32.3 Å². The highest BCUT2D eigenvalue weighted by Crippen LogP contribution is 2.21. The van der Waals surface area contributed by atoms with Gasteiger partial charge in [-0.05, 0) is 30.4 Å². The number of hydrogen-bond donors (Lipinski definition) is 1. The van der Waals surface area contributed by atoms with Gasteiger partial charge in [0.15, 0.2) is 0 Å². The number of nitrogens with zero attached hydrogens (tertiary/aromatic N) is 1. The molecule has 1 N–H and O–H groups in total. The van der Waals surface area contributed by atoms with Crippen LogP contribution < -0.4 is 5.32 Å². The van der Waals surface area contributed by atoms with Gasteiger partial charge in [-0.2, -0.15) is 0 Å². The van der Waals surface area contributed by atoms with Gasteiger partial charge in [0.2, 0.25) is 5.91 Å². The molecular formula is C19H30N2O. The Balaban J connectivity index is 1.89. The van der Waals surface area contributed by atoms with E-state index in [1.807, 2.05) is 6.92 Å². The van der Waals surface area contributed by atoms with Crippen molar-refractivity contribution in [3.8, 4) is 0 Å². The molecule has 0 aromatic heterocycles. The summed E-state index contributed by atoms with van der Waals surface area (Å²) in [6.07, 6.45) is 4.23. The van der Waals surface area contributed by atoms with Crippen molar-refractivity contribution in [2.24, 2.45) is 5.92 Å². The summed E-state index contributed by atoms with van der Waals surface area (Å²) < 4.78 is 0. The predicted molar refractivity (Wildman–Crippen MR) is 91.7 cm³/mol. The summed E-state index contributed by atoms with van der Waals surface area (Å²) >= 11 is 0. The zero-order valence-corrected chi connectivity index (χ0v) is 14.3. The smallest absolute Gasteiger partial charge is 0.222 e. The number of carbonyl (C=O) groups is 1. The summed E-state index contributed by atoms with van der Waals surface area (Å²) in [4.78, 5) is 14.6. The average Bonchev–Trinajstić information content (AvgIpc) is 2.55. The Kier molecular flexibility index (Phi) is 6.44. The number of rotatable bonds is 7. The lowest BCUT2D eigenvalue weighted by Crippen LogP contribution is -2.46. The molecule has 22 heavy (non-hydrogen) atoms. The second kappa shape index (κ2) is 8.33. The van der Waals surface area contributed by atoms with Crippen LogP contribution in [-0.2, 0) is 17.8 Å². The first-order valence-corrected chi connectivity index (χ1v) is 8.74. The van der Waals surface area contributed by atoms with Crippen LogP contribution in [0.4, 0.5) is 0 Å². The van der Waals surface area contributed by atoms with Gasteiger partial charge < -0.3 is 5.32 Å². The maximum absolute atomic E-state index is 12.1. The van der Waals surface area contributed by atoms with Gasteiger partial charge in [-0.3, -0.25) is 9.69 Å². The van der Waals surface area contributed by atoms with Crippen LogP contribution in [0.3, 0.4) is 0 Å². The molecule has 1 aliphatic rings. The van der Waals surface area contributed by atoms with Crippen LogP contribution in [0.15, 0.2) is 24.3 Å². The minimum atomic E-state index is 0.129. The SMILES string of the molecule is CCCC(C)C(=O)NCC(CC)N1CCc2ccccc2C1. The highest BCUT2D eigenvalue weighted by Gasteiger charge is 2.23. The molecule has 0 radical (unpaired) electrons. The molecule has 2 atom stereocenters. The van der Waals surface area contributed by atoms with Crippen molar-refractivity contribution in [1.82, 2.24) is 10.2 Å². The Morgan fingerprint density at radius 1 is 1.27 bits per heavy atom. The van der Waals surface area contributed by atoms with Gasteiger partial charge in [0.1, 0.15) is 0 Å². The van der Waals surface area contributed by atoms with Crippen molar-refractivity contribution in [3.63, 3.8) is 0 Å². The standard InChI is InChI=1S/C19H30N2O/c1-4-8-15(3)19(22)20-13-18(5-2)21-12-11-16-9-6-7-10-17(16)14-21/h6-7,9-10,15,18H,4-5,8,11-14H2,1-3H3,(H,20,22). The van der Waals surface area contributed by atoms with Gasteiger partial charge in [0.25, 0.3) is 0 Å². The van der Waals surface area contributed by atoms with Crippen LogP contribution in [0.1, 0.15) is 51.2 Å². The maximum atomic E-state index is 12.1. The summed E-state index contributed by atoms with van der Waals surface area (Å²) in [5.41, 5.74) is 2.92. The van der Waals surface area contributed by atoms with Crippen molar-refractivity contribution in [1.29, 1.82) is 0 Å². The third kappa shape index (κ3) is 4.33. The molecular weight excluding hydrogens is 272 g/mol. The largest absolute Gasteiger partial charge is 0.354 e. The number of hydrogen-bond acceptors (Lipinski definition) is 2. The van der Waals surface area contributed by atoms with Gasteiger partial charge in [0.05, 0.1) is 0 Å². The van der Waals surface area contributed by atoms with Gasteiger partial charge in [-0.25, -0.2) is 0 Å². The quantitative estimate of drug-likeness (QED) is 0.837. The van der Waals surface area contributed by atoms with E-state index < -0.39 is 0 Å². The molecule has 1 aromatic carbocycles. The van der Waals surface area contributed by atoms with Crippen molar-refractivity contribution < 1.29 is 4.79 Å². The Labute approximate surface area is 135 Å². The van der Waals surface area contributed by atoms with Crippen LogP contribution in [0.25, 0.3) is 0 Å². The van der Waals surface area contributed by atoms with Crippen LogP contribution in [-0.4, -0.2) is 29.9 Å². The number of nitrogens with one attached hydrogen (secondary N) is 1. The Morgan fingerprint density at radius 3 is 2.68 bits per heavy atom. The lowest BCUT2D eigenvalue weighted by atomic mass is 9.98. The number of amides is 1. The Hall–Kier alpha value is -1.35. The molecule has 1 aromatic rings. The van der Waals surface area contributed by atoms with Gasteiger partial charge in [-0.1, -0.05) is 51.5 Å². The summed E-state index contributed by atoms with van der Waals surface area (Å²) in [7, 11) is 0. The molecule has 1 amide bonds. The van der Waals surface area contributed by atoms with Crippen molar-refractivity contribution in [2.45, 2.75) is 59.0 Å². The second-order valence-corrected chi connectivity index (χ2v) is 6.49. The first-order chi connectivity index (χ1) is 10.7. The minimum Gasteiger partial charge on any atom is -0.354 e. The van der Waals surface area contributed by atoms with Crippen molar-refractivity contribution in [3.05, 3.63) is 35.4 Å². The van der Waals surface area contributed by atoms with E-state index in [2.05, 4.69) is 48.3 Å². The second-order valence-electron chi connectivity index (χ2n) is 6.49. The third-order valence-corrected chi connectivity index (χ3v) is 4.83. The normalized spacial score (nSPS) is 17.6. The van der Waals surface area contributed by atoms with Crippen LogP contribution >= 0.6 is 0 Å². The van der Waals surface area contributed by atoms with Crippen LogP contribution in [0.5, 0.6) is 0 Å². The van der Waals surface area contributed by atoms with Crippen LogP contribution in [0.2, 0.25) is 0 Å². The zero-order chi connectivity index (χ0) is 15.9. The Morgan fingerprint density at radius 2 is 2.00 bits per heavy atom. The summed E-state index contributed by atoms with van der Waals surface area (Å²) in [6, 6.07) is 9.16. The third-order valence-electron chi connectivity index (χ3n) is 4.83. The highest BCUT2D eigenvalue weighted by atomic mass is 16.1. The van der Waals surface area contributed by atoms with E-state index in [0.29, 0.717) is 6.04 Å². The molecule has 0 saturated heterocycles. The molecule has 1 heterocycles. The Bertz CT molecular complexity index is 486. The van der Waals surface area contributed by atoms with Gasteiger partial charge in [0, 0.05) is 31.6 Å². The van der Waals surface area contributed by atoms with E-state index >= 15 is 0 Å². The summed E-state index contributed by atoms with van der Waals surface area (Å²) in [5.74, 6) is 0.335. The first kappa shape index (κ1) is 17.0. The van der Waals surface area contributed by atoms with E-state index in [4.69, 9.17) is 0 Å². The highest BCUT2D eigenvalue weighted by molar-refractivity contribution is 5.78. The molecule has 122 valence electrons. The molecule has 0 fully saturated rings. The summed E-state index contributed by atoms with van der Waals surface area (Å²) in [5, 5.41) is 3.16. The molecule has 0 bridgehead atoms. The van der Waals surface area contributed by atoms with E-state index in [-0.39, 0.29) is 11.8 Å². The summed E-state index contributed by atoms with van der Waals surface area (Å²) in [6.45, 7) is 9.24. The molecule has 3 heteroatoms. The van der Waals surface area contributed by atoms with Crippen LogP contribution in [0, 0.1) is 5.92 Å². The van der Waals surface area contributed by atoms with Crippen molar-refractivity contribution >= 4 is 5.91 Å². The van der Waals surface area contributed by atoms with E-state index in [0.717, 1.165) is 45.3 Å². The molecule has 0 aliphatic carbocycles. The number of benzene rings is 1. The zero-order valence-electron chi connectivity index (χ0n) is 14.3. The van der Waals surface area contributed by atoms with E-state index in [9.17, 15) is 4.79 Å². The lowest BCUT2D eigenvalue weighted by molar-refractivity contribution is -0.125. The molecule has 2 unspecified atom stereocenters. The fraction of sp³-hybridized carbons (Fsp3) is 0.632. The van der Waals surface area contributed by atoms with E-state index in [1.54, 1.807) is 0 Å². The number of fused-ring (bicyclic) bond motifs is 1. The fourth-order valence-electron chi connectivity index (χ4n) is 3.32. The van der Waals surface area contributed by atoms with Gasteiger partial charge >= 0.3 is 0 Å². The molecule has 2 rings (SSSR count). The predicted octanol–water partition coefficient (Wildman–Crippen LogP) is 3.38. The molecule has 3 nitrogen and oxygen atoms in total. The van der Waals surface area contributed by atoms with E-state index in [1.165, 1.54) is 11.1 Å². The maximum Gasteiger partial charge on any atom is 0.222 e. The molecule has 1 aliphatic heterocycles.